The zero-order valence-corrected chi connectivity index (χ0v) is 19.5. The van der Waals surface area contributed by atoms with E-state index in [2.05, 4.69) is 4.74 Å². The van der Waals surface area contributed by atoms with Crippen LogP contribution in [0.4, 0.5) is 36.8 Å². The maximum Gasteiger partial charge on any atom is 0.430 e. The third kappa shape index (κ3) is 7.72. The second kappa shape index (κ2) is 13.0. The highest BCUT2D eigenvalue weighted by Gasteiger charge is 2.71. The number of carbonyl (C=O) groups excluding carboxylic acids is 2. The van der Waals surface area contributed by atoms with Crippen LogP contribution in [0.2, 0.25) is 0 Å². The van der Waals surface area contributed by atoms with Crippen LogP contribution in [0.25, 0.3) is 0 Å². The first kappa shape index (κ1) is 30.5. The Morgan fingerprint density at radius 2 is 1.46 bits per heavy atom. The lowest BCUT2D eigenvalue weighted by Gasteiger charge is -2.33. The van der Waals surface area contributed by atoms with Crippen LogP contribution in [-0.4, -0.2) is 72.8 Å². The first-order valence-electron chi connectivity index (χ1n) is 10.9. The minimum atomic E-state index is -6.03. The van der Waals surface area contributed by atoms with Crippen LogP contribution < -0.4 is 4.90 Å². The second-order valence-electron chi connectivity index (χ2n) is 7.73. The molecular weight excluding hydrogens is 486 g/mol. The zero-order valence-electron chi connectivity index (χ0n) is 19.5. The number of methoxy groups -OCH3 is 1. The largest absolute Gasteiger partial charge is 0.469 e. The van der Waals surface area contributed by atoms with Gasteiger partial charge in [-0.15, -0.1) is 0 Å². The van der Waals surface area contributed by atoms with E-state index in [1.54, 1.807) is 6.92 Å². The molecule has 1 aromatic rings. The summed E-state index contributed by atoms with van der Waals surface area (Å²) in [5.74, 6) is -0.468. The van der Waals surface area contributed by atoms with Crippen molar-refractivity contribution in [2.45, 2.75) is 57.0 Å². The van der Waals surface area contributed by atoms with Gasteiger partial charge in [-0.3, -0.25) is 9.69 Å². The standard InChI is InChI=1S/C22H30F6N2O5/c1-3-29(13-6-7-15-31)19(33)30(14-5-4-8-18(32)35-2)17-11-9-16(10-12-17)20(34,21(23,24)25)22(26,27)28/h9-12,31,34H,3-8,13-15H2,1-2H3. The zero-order chi connectivity index (χ0) is 26.9. The average molecular weight is 516 g/mol. The number of rotatable bonds is 12. The van der Waals surface area contributed by atoms with E-state index in [-0.39, 0.29) is 38.3 Å². The Morgan fingerprint density at radius 1 is 0.914 bits per heavy atom. The Kier molecular flexibility index (Phi) is 11.3. The molecule has 0 aromatic heterocycles. The number of aliphatic hydroxyl groups excluding tert-OH is 1. The number of nitrogens with zero attached hydrogens (tertiary/aromatic N) is 2. The normalized spacial score (nSPS) is 12.4. The van der Waals surface area contributed by atoms with E-state index in [1.807, 2.05) is 0 Å². The fourth-order valence-electron chi connectivity index (χ4n) is 3.32. The molecule has 7 nitrogen and oxygen atoms in total. The lowest BCUT2D eigenvalue weighted by molar-refractivity contribution is -0.376. The van der Waals surface area contributed by atoms with Gasteiger partial charge in [0.1, 0.15) is 0 Å². The van der Waals surface area contributed by atoms with Crippen molar-refractivity contribution in [3.05, 3.63) is 29.8 Å². The molecule has 0 fully saturated rings. The molecular formula is C22H30F6N2O5. The molecule has 0 atom stereocenters. The summed E-state index contributed by atoms with van der Waals surface area (Å²) in [6.45, 7) is 2.18. The summed E-state index contributed by atoms with van der Waals surface area (Å²) in [6, 6.07) is 2.22. The molecule has 1 aromatic carbocycles. The summed E-state index contributed by atoms with van der Waals surface area (Å²) in [4.78, 5) is 27.1. The van der Waals surface area contributed by atoms with Gasteiger partial charge in [-0.05, 0) is 44.7 Å². The topological polar surface area (TPSA) is 90.3 Å². The highest BCUT2D eigenvalue weighted by atomic mass is 19.4. The van der Waals surface area contributed by atoms with Crippen LogP contribution in [0.15, 0.2) is 24.3 Å². The van der Waals surface area contributed by atoms with Crippen LogP contribution in [0.3, 0.4) is 0 Å². The van der Waals surface area contributed by atoms with Crippen LogP contribution in [0.1, 0.15) is 44.6 Å². The molecule has 0 aliphatic heterocycles. The van der Waals surface area contributed by atoms with Crippen LogP contribution in [0.5, 0.6) is 0 Å². The average Bonchev–Trinajstić information content (AvgIpc) is 2.79. The summed E-state index contributed by atoms with van der Waals surface area (Å²) in [5.41, 5.74) is -6.49. The van der Waals surface area contributed by atoms with Gasteiger partial charge in [0, 0.05) is 43.9 Å². The molecule has 0 saturated carbocycles. The maximum absolute atomic E-state index is 13.2. The molecule has 0 unspecified atom stereocenters. The van der Waals surface area contributed by atoms with Crippen molar-refractivity contribution in [2.75, 3.05) is 38.3 Å². The van der Waals surface area contributed by atoms with Crippen molar-refractivity contribution in [1.82, 2.24) is 4.90 Å². The maximum atomic E-state index is 13.2. The van der Waals surface area contributed by atoms with Crippen LogP contribution >= 0.6 is 0 Å². The number of halogens is 6. The quantitative estimate of drug-likeness (QED) is 0.245. The molecule has 200 valence electrons. The molecule has 0 aliphatic rings. The van der Waals surface area contributed by atoms with E-state index >= 15 is 0 Å². The first-order valence-corrected chi connectivity index (χ1v) is 10.9. The van der Waals surface area contributed by atoms with E-state index < -0.39 is 35.5 Å². The molecule has 0 saturated heterocycles. The van der Waals surface area contributed by atoms with E-state index in [9.17, 15) is 41.0 Å². The molecule has 13 heteroatoms. The molecule has 2 N–H and O–H groups in total. The minimum Gasteiger partial charge on any atom is -0.469 e. The Balaban J connectivity index is 3.26. The van der Waals surface area contributed by atoms with Crippen molar-refractivity contribution in [2.24, 2.45) is 0 Å². The summed E-state index contributed by atoms with van der Waals surface area (Å²) in [5, 5.41) is 18.5. The lowest BCUT2D eigenvalue weighted by atomic mass is 9.92. The van der Waals surface area contributed by atoms with Gasteiger partial charge < -0.3 is 19.8 Å². The molecule has 35 heavy (non-hydrogen) atoms. The Hall–Kier alpha value is -2.54. The van der Waals surface area contributed by atoms with Crippen molar-refractivity contribution in [3.63, 3.8) is 0 Å². The summed E-state index contributed by atoms with van der Waals surface area (Å²) in [6.07, 6.45) is -10.4. The highest BCUT2D eigenvalue weighted by molar-refractivity contribution is 5.92. The minimum absolute atomic E-state index is 0.0177. The van der Waals surface area contributed by atoms with Crippen LogP contribution in [-0.2, 0) is 15.1 Å². The number of hydrogen-bond acceptors (Lipinski definition) is 5. The molecule has 1 rings (SSSR count). The summed E-state index contributed by atoms with van der Waals surface area (Å²) >= 11 is 0. The number of benzene rings is 1. The molecule has 0 spiro atoms. The number of anilines is 1. The number of esters is 1. The van der Waals surface area contributed by atoms with E-state index in [0.717, 1.165) is 12.1 Å². The van der Waals surface area contributed by atoms with Crippen LogP contribution in [0, 0.1) is 0 Å². The molecule has 2 amide bonds. The smallest absolute Gasteiger partial charge is 0.430 e. The number of unbranched alkanes of at least 4 members (excludes halogenated alkanes) is 2. The van der Waals surface area contributed by atoms with Gasteiger partial charge in [-0.25, -0.2) is 4.79 Å². The van der Waals surface area contributed by atoms with Crippen molar-refractivity contribution >= 4 is 17.7 Å². The Labute approximate surface area is 199 Å². The van der Waals surface area contributed by atoms with Gasteiger partial charge >= 0.3 is 24.4 Å². The predicted octanol–water partition coefficient (Wildman–Crippen LogP) is 4.36. The third-order valence-corrected chi connectivity index (χ3v) is 5.38. The summed E-state index contributed by atoms with van der Waals surface area (Å²) in [7, 11) is 1.22. The molecule has 0 heterocycles. The van der Waals surface area contributed by atoms with Crippen molar-refractivity contribution < 1.29 is 50.9 Å². The number of amides is 2. The fourth-order valence-corrected chi connectivity index (χ4v) is 3.32. The summed E-state index contributed by atoms with van der Waals surface area (Å²) < 4.78 is 83.6. The van der Waals surface area contributed by atoms with Gasteiger partial charge in [0.05, 0.1) is 7.11 Å². The lowest BCUT2D eigenvalue weighted by Crippen LogP contribution is -2.53. The van der Waals surface area contributed by atoms with E-state index in [4.69, 9.17) is 5.11 Å². The first-order chi connectivity index (χ1) is 16.2. The van der Waals surface area contributed by atoms with Gasteiger partial charge in [0.2, 0.25) is 0 Å². The number of hydrogen-bond donors (Lipinski definition) is 2. The number of urea groups is 1. The Bertz CT molecular complexity index is 800. The van der Waals surface area contributed by atoms with Gasteiger partial charge in [0.15, 0.2) is 0 Å². The molecule has 0 bridgehead atoms. The predicted molar refractivity (Wildman–Crippen MR) is 115 cm³/mol. The Morgan fingerprint density at radius 3 is 1.91 bits per heavy atom. The monoisotopic (exact) mass is 516 g/mol. The van der Waals surface area contributed by atoms with Crippen molar-refractivity contribution in [3.8, 4) is 0 Å². The number of alkyl halides is 6. The van der Waals surface area contributed by atoms with Gasteiger partial charge in [-0.1, -0.05) is 12.1 Å². The highest BCUT2D eigenvalue weighted by Crippen LogP contribution is 2.50. The van der Waals surface area contributed by atoms with Crippen molar-refractivity contribution in [1.29, 1.82) is 0 Å². The fraction of sp³-hybridized carbons (Fsp3) is 0.636. The second-order valence-corrected chi connectivity index (χ2v) is 7.73. The molecule has 0 aliphatic carbocycles. The van der Waals surface area contributed by atoms with E-state index in [1.165, 1.54) is 16.9 Å². The van der Waals surface area contributed by atoms with Gasteiger partial charge in [0.25, 0.3) is 5.60 Å². The number of aliphatic hydroxyl groups is 2. The number of carbonyl (C=O) groups is 2. The molecule has 0 radical (unpaired) electrons. The number of ether oxygens (including phenoxy) is 1. The van der Waals surface area contributed by atoms with E-state index in [0.29, 0.717) is 37.8 Å². The van der Waals surface area contributed by atoms with Gasteiger partial charge in [-0.2, -0.15) is 26.3 Å². The SMILES string of the molecule is CCN(CCCCO)C(=O)N(CCCCC(=O)OC)c1ccc(C(O)(C(F)(F)F)C(F)(F)F)cc1. The third-order valence-electron chi connectivity index (χ3n) is 5.38.